The van der Waals surface area contributed by atoms with Crippen molar-refractivity contribution >= 4 is 28.8 Å². The number of carbonyl (C=O) groups is 2. The van der Waals surface area contributed by atoms with Crippen LogP contribution in [0.5, 0.6) is 0 Å². The normalized spacial score (nSPS) is 13.0. The number of hydrogen-bond donors (Lipinski definition) is 2. The van der Waals surface area contributed by atoms with Crippen LogP contribution in [-0.4, -0.2) is 48.3 Å². The largest absolute Gasteiger partial charge is 0.352 e. The van der Waals surface area contributed by atoms with Crippen LogP contribution in [0.4, 0.5) is 5.69 Å². The summed E-state index contributed by atoms with van der Waals surface area (Å²) < 4.78 is 0. The van der Waals surface area contributed by atoms with E-state index < -0.39 is 16.9 Å². The Balaban J connectivity index is 1.94. The van der Waals surface area contributed by atoms with Crippen LogP contribution in [0.3, 0.4) is 0 Å². The van der Waals surface area contributed by atoms with E-state index in [2.05, 4.69) is 10.6 Å². The number of hydrogen-bond acceptors (Lipinski definition) is 6. The third-order valence-corrected chi connectivity index (χ3v) is 5.00. The van der Waals surface area contributed by atoms with Crippen LogP contribution in [0.25, 0.3) is 0 Å². The van der Waals surface area contributed by atoms with Gasteiger partial charge in [0.15, 0.2) is 0 Å². The van der Waals surface area contributed by atoms with Crippen molar-refractivity contribution in [2.45, 2.75) is 19.0 Å². The summed E-state index contributed by atoms with van der Waals surface area (Å²) in [6, 6.07) is 8.61. The molecule has 0 spiro atoms. The molecular weight excluding hydrogens is 368 g/mol. The van der Waals surface area contributed by atoms with E-state index >= 15 is 0 Å². The van der Waals surface area contributed by atoms with Crippen molar-refractivity contribution in [3.8, 4) is 0 Å². The maximum Gasteiger partial charge on any atom is 0.270 e. The monoisotopic (exact) mass is 390 g/mol. The van der Waals surface area contributed by atoms with E-state index in [1.54, 1.807) is 18.3 Å². The summed E-state index contributed by atoms with van der Waals surface area (Å²) in [7, 11) is 3.87. The van der Waals surface area contributed by atoms with Crippen LogP contribution >= 0.6 is 11.3 Å². The maximum atomic E-state index is 12.3. The SMILES string of the molecule is CC(NC(=O)c1cccc([N+](=O)[O-])c1)C(=O)NCC(c1cccs1)N(C)C. The van der Waals surface area contributed by atoms with Gasteiger partial charge in [-0.3, -0.25) is 19.7 Å². The van der Waals surface area contributed by atoms with E-state index in [1.807, 2.05) is 36.5 Å². The molecule has 0 fully saturated rings. The fourth-order valence-electron chi connectivity index (χ4n) is 2.48. The smallest absolute Gasteiger partial charge is 0.270 e. The Morgan fingerprint density at radius 1 is 1.26 bits per heavy atom. The average molecular weight is 390 g/mol. The highest BCUT2D eigenvalue weighted by molar-refractivity contribution is 7.10. The fraction of sp³-hybridized carbons (Fsp3) is 0.333. The highest BCUT2D eigenvalue weighted by atomic mass is 32.1. The Kier molecular flexibility index (Phi) is 7.03. The van der Waals surface area contributed by atoms with Gasteiger partial charge < -0.3 is 15.5 Å². The van der Waals surface area contributed by atoms with Crippen LogP contribution in [-0.2, 0) is 4.79 Å². The Bertz CT molecular complexity index is 807. The summed E-state index contributed by atoms with van der Waals surface area (Å²) in [4.78, 5) is 38.0. The van der Waals surface area contributed by atoms with E-state index in [4.69, 9.17) is 0 Å². The lowest BCUT2D eigenvalue weighted by Crippen LogP contribution is -2.46. The molecule has 0 saturated carbocycles. The molecule has 0 aliphatic rings. The predicted molar refractivity (Wildman–Crippen MR) is 104 cm³/mol. The number of benzene rings is 1. The maximum absolute atomic E-state index is 12.3. The molecule has 2 unspecified atom stereocenters. The number of nitrogens with one attached hydrogen (secondary N) is 2. The van der Waals surface area contributed by atoms with E-state index in [9.17, 15) is 19.7 Å². The standard InChI is InChI=1S/C18H22N4O4S/c1-12(20-18(24)13-6-4-7-14(10-13)22(25)26)17(23)19-11-15(21(2)3)16-8-5-9-27-16/h4-10,12,15H,11H2,1-3H3,(H,19,23)(H,20,24). The minimum absolute atomic E-state index is 0.0358. The molecule has 2 atom stereocenters. The molecule has 2 amide bonds. The number of nitro groups is 1. The number of rotatable bonds is 8. The Labute approximate surface area is 161 Å². The van der Waals surface area contributed by atoms with Gasteiger partial charge in [-0.1, -0.05) is 12.1 Å². The molecule has 2 rings (SSSR count). The van der Waals surface area contributed by atoms with Gasteiger partial charge in [0.05, 0.1) is 11.0 Å². The van der Waals surface area contributed by atoms with Crippen molar-refractivity contribution in [2.24, 2.45) is 0 Å². The molecule has 0 bridgehead atoms. The number of thiophene rings is 1. The minimum Gasteiger partial charge on any atom is -0.352 e. The fourth-order valence-corrected chi connectivity index (χ4v) is 3.40. The first-order chi connectivity index (χ1) is 12.8. The van der Waals surface area contributed by atoms with Gasteiger partial charge in [-0.05, 0) is 38.5 Å². The Morgan fingerprint density at radius 2 is 2.00 bits per heavy atom. The number of carbonyl (C=O) groups excluding carboxylic acids is 2. The molecule has 0 saturated heterocycles. The van der Waals surface area contributed by atoms with Crippen molar-refractivity contribution < 1.29 is 14.5 Å². The molecular formula is C18H22N4O4S. The summed E-state index contributed by atoms with van der Waals surface area (Å²) in [6.45, 7) is 1.98. The molecule has 8 nitrogen and oxygen atoms in total. The second-order valence-corrected chi connectivity index (χ2v) is 7.22. The zero-order valence-corrected chi connectivity index (χ0v) is 16.2. The zero-order chi connectivity index (χ0) is 20.0. The Morgan fingerprint density at radius 3 is 2.59 bits per heavy atom. The molecule has 0 aliphatic carbocycles. The van der Waals surface area contributed by atoms with E-state index in [0.717, 1.165) is 4.88 Å². The van der Waals surface area contributed by atoms with Gasteiger partial charge >= 0.3 is 0 Å². The third kappa shape index (κ3) is 5.60. The predicted octanol–water partition coefficient (Wildman–Crippen LogP) is 2.19. The first-order valence-corrected chi connectivity index (χ1v) is 9.20. The van der Waals surface area contributed by atoms with Crippen molar-refractivity contribution in [1.29, 1.82) is 0 Å². The van der Waals surface area contributed by atoms with E-state index in [0.29, 0.717) is 6.54 Å². The lowest BCUT2D eigenvalue weighted by molar-refractivity contribution is -0.384. The second-order valence-electron chi connectivity index (χ2n) is 6.24. The summed E-state index contributed by atoms with van der Waals surface area (Å²) in [5.74, 6) is -0.860. The van der Waals surface area contributed by atoms with Gasteiger partial charge in [-0.15, -0.1) is 11.3 Å². The van der Waals surface area contributed by atoms with Crippen LogP contribution in [0.1, 0.15) is 28.2 Å². The van der Waals surface area contributed by atoms with E-state index in [1.165, 1.54) is 24.3 Å². The Hall–Kier alpha value is -2.78. The molecule has 144 valence electrons. The van der Waals surface area contributed by atoms with Crippen LogP contribution < -0.4 is 10.6 Å². The number of non-ortho nitro benzene ring substituents is 1. The van der Waals surface area contributed by atoms with Gasteiger partial charge in [-0.25, -0.2) is 0 Å². The third-order valence-electron chi connectivity index (χ3n) is 4.02. The molecule has 27 heavy (non-hydrogen) atoms. The van der Waals surface area contributed by atoms with Gasteiger partial charge in [0.2, 0.25) is 5.91 Å². The van der Waals surface area contributed by atoms with Gasteiger partial charge in [0.1, 0.15) is 6.04 Å². The zero-order valence-electron chi connectivity index (χ0n) is 15.3. The van der Waals surface area contributed by atoms with Crippen molar-refractivity contribution in [3.05, 3.63) is 62.3 Å². The van der Waals surface area contributed by atoms with Crippen LogP contribution in [0.15, 0.2) is 41.8 Å². The number of nitro benzene ring substituents is 1. The average Bonchev–Trinajstić information content (AvgIpc) is 3.15. The van der Waals surface area contributed by atoms with Crippen molar-refractivity contribution in [3.63, 3.8) is 0 Å². The highest BCUT2D eigenvalue weighted by Crippen LogP contribution is 2.22. The quantitative estimate of drug-likeness (QED) is 0.531. The van der Waals surface area contributed by atoms with E-state index in [-0.39, 0.29) is 23.2 Å². The minimum atomic E-state index is -0.775. The van der Waals surface area contributed by atoms with Gasteiger partial charge in [-0.2, -0.15) is 0 Å². The molecule has 1 aromatic heterocycles. The molecule has 2 N–H and O–H groups in total. The summed E-state index contributed by atoms with van der Waals surface area (Å²) in [6.07, 6.45) is 0. The lowest BCUT2D eigenvalue weighted by Gasteiger charge is -2.24. The highest BCUT2D eigenvalue weighted by Gasteiger charge is 2.21. The summed E-state index contributed by atoms with van der Waals surface area (Å²) in [5.41, 5.74) is -0.0434. The molecule has 9 heteroatoms. The van der Waals surface area contributed by atoms with Crippen LogP contribution in [0, 0.1) is 10.1 Å². The molecule has 0 aliphatic heterocycles. The second kappa shape index (κ2) is 9.24. The molecule has 0 radical (unpaired) electrons. The first-order valence-electron chi connectivity index (χ1n) is 8.32. The van der Waals surface area contributed by atoms with Crippen LogP contribution in [0.2, 0.25) is 0 Å². The number of amides is 2. The number of likely N-dealkylation sites (N-methyl/N-ethyl adjacent to an activating group) is 1. The number of nitrogens with zero attached hydrogens (tertiary/aromatic N) is 2. The summed E-state index contributed by atoms with van der Waals surface area (Å²) in [5, 5.41) is 18.2. The topological polar surface area (TPSA) is 105 Å². The molecule has 2 aromatic rings. The van der Waals surface area contributed by atoms with Crippen molar-refractivity contribution in [1.82, 2.24) is 15.5 Å². The first kappa shape index (κ1) is 20.5. The van der Waals surface area contributed by atoms with Crippen molar-refractivity contribution in [2.75, 3.05) is 20.6 Å². The molecule has 1 aromatic carbocycles. The van der Waals surface area contributed by atoms with Gasteiger partial charge in [0, 0.05) is 29.1 Å². The van der Waals surface area contributed by atoms with Gasteiger partial charge in [0.25, 0.3) is 11.6 Å². The summed E-state index contributed by atoms with van der Waals surface area (Å²) >= 11 is 1.61. The molecule has 1 heterocycles. The lowest BCUT2D eigenvalue weighted by atomic mass is 10.1.